The highest BCUT2D eigenvalue weighted by atomic mass is 79.9. The van der Waals surface area contributed by atoms with Crippen molar-refractivity contribution in [1.29, 1.82) is 0 Å². The van der Waals surface area contributed by atoms with Crippen LogP contribution in [-0.2, 0) is 19.4 Å². The molecule has 2 aliphatic rings. The average molecular weight is 401 g/mol. The van der Waals surface area contributed by atoms with E-state index in [9.17, 15) is 0 Å². The second-order valence-electron chi connectivity index (χ2n) is 6.30. The van der Waals surface area contributed by atoms with E-state index in [4.69, 9.17) is 4.74 Å². The van der Waals surface area contributed by atoms with Crippen LogP contribution < -0.4 is 10.1 Å². The Kier molecular flexibility index (Phi) is 3.61. The van der Waals surface area contributed by atoms with Crippen molar-refractivity contribution in [2.45, 2.75) is 24.3 Å². The van der Waals surface area contributed by atoms with Gasteiger partial charge in [-0.25, -0.2) is 0 Å². The zero-order valence-electron chi connectivity index (χ0n) is 13.1. The summed E-state index contributed by atoms with van der Waals surface area (Å²) in [5, 5.41) is 4.93. The molecule has 2 aromatic carbocycles. The minimum absolute atomic E-state index is 0.785. The van der Waals surface area contributed by atoms with Crippen molar-refractivity contribution in [3.63, 3.8) is 0 Å². The highest BCUT2D eigenvalue weighted by Gasteiger charge is 2.20. The lowest BCUT2D eigenvalue weighted by Crippen LogP contribution is -2.13. The smallest absolute Gasteiger partial charge is 0.138 e. The van der Waals surface area contributed by atoms with Gasteiger partial charge >= 0.3 is 0 Å². The molecule has 122 valence electrons. The van der Waals surface area contributed by atoms with Crippen LogP contribution in [0.25, 0.3) is 10.9 Å². The molecule has 0 radical (unpaired) electrons. The monoisotopic (exact) mass is 400 g/mol. The predicted molar refractivity (Wildman–Crippen MR) is 102 cm³/mol. The van der Waals surface area contributed by atoms with E-state index in [1.807, 2.05) is 0 Å². The number of aromatic nitrogens is 1. The van der Waals surface area contributed by atoms with E-state index in [0.717, 1.165) is 42.8 Å². The molecule has 0 atom stereocenters. The highest BCUT2D eigenvalue weighted by molar-refractivity contribution is 9.10. The van der Waals surface area contributed by atoms with Crippen molar-refractivity contribution in [3.8, 4) is 5.75 Å². The van der Waals surface area contributed by atoms with Gasteiger partial charge in [-0.05, 0) is 59.8 Å². The standard InChI is InChI=1S/C19H17BrN2OS/c20-15-8-12-5-7-23-19(12)17(9-15)24-22-11-14-4-6-21-10-13-2-1-3-16(22)18(13)14/h1-3,8-9,11,21H,4-7,10H2. The molecule has 24 heavy (non-hydrogen) atoms. The molecule has 1 aromatic heterocycles. The maximum atomic E-state index is 5.89. The topological polar surface area (TPSA) is 26.2 Å². The van der Waals surface area contributed by atoms with E-state index in [0.29, 0.717) is 0 Å². The number of nitrogens with one attached hydrogen (secondary N) is 1. The zero-order chi connectivity index (χ0) is 16.1. The number of hydrogen-bond acceptors (Lipinski definition) is 3. The van der Waals surface area contributed by atoms with Gasteiger partial charge in [0.2, 0.25) is 0 Å². The molecule has 0 unspecified atom stereocenters. The molecule has 5 heteroatoms. The molecule has 3 heterocycles. The minimum Gasteiger partial charge on any atom is -0.492 e. The number of nitrogens with zero attached hydrogens (tertiary/aromatic N) is 1. The van der Waals surface area contributed by atoms with Gasteiger partial charge in [-0.3, -0.25) is 3.97 Å². The molecule has 0 bridgehead atoms. The van der Waals surface area contributed by atoms with E-state index in [1.54, 1.807) is 11.9 Å². The first-order chi connectivity index (χ1) is 11.8. The van der Waals surface area contributed by atoms with Crippen LogP contribution in [0.1, 0.15) is 16.7 Å². The van der Waals surface area contributed by atoms with E-state index in [-0.39, 0.29) is 0 Å². The maximum absolute atomic E-state index is 5.89. The Morgan fingerprint density at radius 2 is 2.08 bits per heavy atom. The quantitative estimate of drug-likeness (QED) is 0.683. The number of halogens is 1. The van der Waals surface area contributed by atoms with E-state index < -0.39 is 0 Å². The third-order valence-corrected chi connectivity index (χ3v) is 6.21. The largest absolute Gasteiger partial charge is 0.492 e. The van der Waals surface area contributed by atoms with Crippen molar-refractivity contribution in [2.75, 3.05) is 13.2 Å². The molecule has 2 aliphatic heterocycles. The Bertz CT molecular complexity index is 950. The summed E-state index contributed by atoms with van der Waals surface area (Å²) >= 11 is 5.40. The van der Waals surface area contributed by atoms with Crippen LogP contribution in [0.3, 0.4) is 0 Å². The lowest BCUT2D eigenvalue weighted by Gasteiger charge is -2.10. The molecule has 0 saturated heterocycles. The summed E-state index contributed by atoms with van der Waals surface area (Å²) in [6.07, 6.45) is 4.37. The third kappa shape index (κ3) is 2.38. The van der Waals surface area contributed by atoms with Gasteiger partial charge in [0.05, 0.1) is 17.0 Å². The Balaban J connectivity index is 1.64. The van der Waals surface area contributed by atoms with Crippen molar-refractivity contribution >= 4 is 38.8 Å². The highest BCUT2D eigenvalue weighted by Crippen LogP contribution is 2.41. The van der Waals surface area contributed by atoms with Gasteiger partial charge in [0.1, 0.15) is 5.75 Å². The van der Waals surface area contributed by atoms with Crippen molar-refractivity contribution in [3.05, 3.63) is 57.7 Å². The van der Waals surface area contributed by atoms with Crippen LogP contribution in [-0.4, -0.2) is 17.1 Å². The van der Waals surface area contributed by atoms with Crippen molar-refractivity contribution in [1.82, 2.24) is 9.29 Å². The lowest BCUT2D eigenvalue weighted by atomic mass is 10.1. The normalized spacial score (nSPS) is 16.0. The first-order valence-electron chi connectivity index (χ1n) is 8.26. The first kappa shape index (κ1) is 14.9. The fourth-order valence-corrected chi connectivity index (χ4v) is 5.44. The van der Waals surface area contributed by atoms with Gasteiger partial charge in [0.25, 0.3) is 0 Å². The molecule has 0 fully saturated rings. The molecular formula is C19H17BrN2OS. The molecule has 0 spiro atoms. The summed E-state index contributed by atoms with van der Waals surface area (Å²) in [6, 6.07) is 11.0. The Hall–Kier alpha value is -1.43. The Morgan fingerprint density at radius 1 is 1.12 bits per heavy atom. The fraction of sp³-hybridized carbons (Fsp3) is 0.263. The second kappa shape index (κ2) is 5.83. The molecule has 3 nitrogen and oxygen atoms in total. The van der Waals surface area contributed by atoms with Gasteiger partial charge in [0, 0.05) is 29.0 Å². The molecule has 5 rings (SSSR count). The van der Waals surface area contributed by atoms with Crippen LogP contribution in [0, 0.1) is 0 Å². The molecule has 0 saturated carbocycles. The van der Waals surface area contributed by atoms with Gasteiger partial charge < -0.3 is 10.1 Å². The van der Waals surface area contributed by atoms with Crippen LogP contribution in [0.5, 0.6) is 5.75 Å². The fourth-order valence-electron chi connectivity index (χ4n) is 3.68. The van der Waals surface area contributed by atoms with E-state index in [2.05, 4.69) is 61.7 Å². The molecular weight excluding hydrogens is 384 g/mol. The van der Waals surface area contributed by atoms with Gasteiger partial charge in [-0.1, -0.05) is 28.1 Å². The van der Waals surface area contributed by atoms with E-state index in [1.165, 1.54) is 32.5 Å². The van der Waals surface area contributed by atoms with Crippen LogP contribution in [0.2, 0.25) is 0 Å². The SMILES string of the molecule is Brc1cc2c(c(Sn3cc4c5c(cccc53)CNCC4)c1)OCC2. The zero-order valence-corrected chi connectivity index (χ0v) is 15.5. The number of ether oxygens (including phenoxy) is 1. The minimum atomic E-state index is 0.785. The summed E-state index contributed by atoms with van der Waals surface area (Å²) in [7, 11) is 0. The Morgan fingerprint density at radius 3 is 3.04 bits per heavy atom. The summed E-state index contributed by atoms with van der Waals surface area (Å²) < 4.78 is 9.32. The van der Waals surface area contributed by atoms with Crippen molar-refractivity contribution in [2.24, 2.45) is 0 Å². The lowest BCUT2D eigenvalue weighted by molar-refractivity contribution is 0.349. The van der Waals surface area contributed by atoms with Crippen LogP contribution in [0.4, 0.5) is 0 Å². The van der Waals surface area contributed by atoms with Crippen LogP contribution >= 0.6 is 27.9 Å². The van der Waals surface area contributed by atoms with Gasteiger partial charge in [-0.2, -0.15) is 0 Å². The molecule has 0 amide bonds. The Labute approximate surface area is 153 Å². The molecule has 3 aromatic rings. The summed E-state index contributed by atoms with van der Waals surface area (Å²) in [5.74, 6) is 1.05. The number of benzene rings is 2. The third-order valence-electron chi connectivity index (χ3n) is 4.76. The average Bonchev–Trinajstić information content (AvgIpc) is 3.11. The maximum Gasteiger partial charge on any atom is 0.138 e. The summed E-state index contributed by atoms with van der Waals surface area (Å²) in [6.45, 7) is 2.77. The van der Waals surface area contributed by atoms with Gasteiger partial charge in [0.15, 0.2) is 0 Å². The van der Waals surface area contributed by atoms with Crippen molar-refractivity contribution < 1.29 is 4.74 Å². The summed E-state index contributed by atoms with van der Waals surface area (Å²) in [5.41, 5.74) is 5.43. The molecule has 0 aliphatic carbocycles. The summed E-state index contributed by atoms with van der Waals surface area (Å²) in [4.78, 5) is 1.18. The number of rotatable bonds is 2. The van der Waals surface area contributed by atoms with Gasteiger partial charge in [-0.15, -0.1) is 0 Å². The first-order valence-corrected chi connectivity index (χ1v) is 9.82. The van der Waals surface area contributed by atoms with Crippen LogP contribution in [0.15, 0.2) is 45.9 Å². The number of fused-ring (bicyclic) bond motifs is 1. The number of hydrogen-bond donors (Lipinski definition) is 1. The molecule has 1 N–H and O–H groups in total. The second-order valence-corrected chi connectivity index (χ2v) is 8.23. The van der Waals surface area contributed by atoms with E-state index >= 15 is 0 Å². The predicted octanol–water partition coefficient (Wildman–Crippen LogP) is 4.54.